The summed E-state index contributed by atoms with van der Waals surface area (Å²) in [5.41, 5.74) is 3.48. The number of hydrogen-bond acceptors (Lipinski definition) is 4. The molecular formula is C21H13N3O3. The molecule has 0 saturated carbocycles. The number of aromatic nitrogens is 3. The van der Waals surface area contributed by atoms with Crippen molar-refractivity contribution in [3.05, 3.63) is 72.3 Å². The first kappa shape index (κ1) is 15.3. The minimum absolute atomic E-state index is 0.0399. The Kier molecular flexibility index (Phi) is 3.14. The summed E-state index contributed by atoms with van der Waals surface area (Å²) in [6.07, 6.45) is 0. The third-order valence-electron chi connectivity index (χ3n) is 4.63. The third kappa shape index (κ3) is 2.23. The number of nitrogens with zero attached hydrogens (tertiary/aromatic N) is 3. The molecule has 0 atom stereocenters. The Morgan fingerprint density at radius 2 is 1.63 bits per heavy atom. The van der Waals surface area contributed by atoms with E-state index in [9.17, 15) is 15.0 Å². The van der Waals surface area contributed by atoms with Crippen molar-refractivity contribution in [3.63, 3.8) is 0 Å². The summed E-state index contributed by atoms with van der Waals surface area (Å²) < 4.78 is 1.86. The topological polar surface area (TPSA) is 87.7 Å². The molecular weight excluding hydrogens is 342 g/mol. The van der Waals surface area contributed by atoms with Crippen LogP contribution in [0.1, 0.15) is 10.4 Å². The molecule has 2 heterocycles. The van der Waals surface area contributed by atoms with Crippen LogP contribution in [-0.2, 0) is 0 Å². The molecule has 3 aromatic carbocycles. The number of carboxylic acid groups (broad SMARTS) is 1. The van der Waals surface area contributed by atoms with E-state index in [1.807, 2.05) is 52.9 Å². The molecule has 0 fully saturated rings. The van der Waals surface area contributed by atoms with Crippen LogP contribution in [0.15, 0.2) is 66.7 Å². The number of carbonyl (C=O) groups is 1. The number of phenols is 1. The molecule has 2 aromatic heterocycles. The smallest absolute Gasteiger partial charge is 0.335 e. The Bertz CT molecular complexity index is 1370. The Labute approximate surface area is 153 Å². The number of phenolic OH excluding ortho intramolecular Hbond substituents is 1. The van der Waals surface area contributed by atoms with E-state index < -0.39 is 5.97 Å². The second-order valence-electron chi connectivity index (χ2n) is 6.25. The fourth-order valence-corrected chi connectivity index (χ4v) is 3.37. The lowest BCUT2D eigenvalue weighted by Gasteiger charge is -2.11. The molecule has 6 nitrogen and oxygen atoms in total. The molecule has 5 rings (SSSR count). The molecule has 0 aliphatic rings. The SMILES string of the molecule is O=C(O)c1ccc(O)c(-c2nc3ccccc3c3nc4ccccc4n23)c1. The van der Waals surface area contributed by atoms with Gasteiger partial charge >= 0.3 is 5.97 Å². The van der Waals surface area contributed by atoms with Gasteiger partial charge in [-0.05, 0) is 42.5 Å². The molecule has 0 bridgehead atoms. The van der Waals surface area contributed by atoms with E-state index in [-0.39, 0.29) is 11.3 Å². The van der Waals surface area contributed by atoms with Gasteiger partial charge in [0.2, 0.25) is 0 Å². The van der Waals surface area contributed by atoms with Gasteiger partial charge in [0.15, 0.2) is 5.82 Å². The summed E-state index contributed by atoms with van der Waals surface area (Å²) in [4.78, 5) is 20.9. The molecule has 2 N–H and O–H groups in total. The highest BCUT2D eigenvalue weighted by atomic mass is 16.4. The summed E-state index contributed by atoms with van der Waals surface area (Å²) in [6, 6.07) is 19.4. The first-order valence-electron chi connectivity index (χ1n) is 8.36. The number of hydrogen-bond donors (Lipinski definition) is 2. The number of fused-ring (bicyclic) bond motifs is 5. The number of para-hydroxylation sites is 3. The van der Waals surface area contributed by atoms with Crippen molar-refractivity contribution in [2.24, 2.45) is 0 Å². The minimum Gasteiger partial charge on any atom is -0.507 e. The summed E-state index contributed by atoms with van der Waals surface area (Å²) in [7, 11) is 0. The zero-order valence-electron chi connectivity index (χ0n) is 14.0. The average molecular weight is 355 g/mol. The molecule has 5 aromatic rings. The van der Waals surface area contributed by atoms with Gasteiger partial charge in [-0.25, -0.2) is 14.8 Å². The molecule has 0 aliphatic heterocycles. The fourth-order valence-electron chi connectivity index (χ4n) is 3.37. The van der Waals surface area contributed by atoms with Crippen molar-refractivity contribution in [2.45, 2.75) is 0 Å². The van der Waals surface area contributed by atoms with Gasteiger partial charge in [0.1, 0.15) is 11.4 Å². The molecule has 0 aliphatic carbocycles. The Morgan fingerprint density at radius 1 is 0.889 bits per heavy atom. The van der Waals surface area contributed by atoms with E-state index in [0.29, 0.717) is 17.0 Å². The van der Waals surface area contributed by atoms with Crippen LogP contribution in [0.5, 0.6) is 5.75 Å². The van der Waals surface area contributed by atoms with Gasteiger partial charge in [0.05, 0.1) is 27.7 Å². The van der Waals surface area contributed by atoms with Crippen molar-refractivity contribution >= 4 is 33.6 Å². The predicted octanol–water partition coefficient (Wildman–Crippen LogP) is 4.11. The maximum atomic E-state index is 11.4. The van der Waals surface area contributed by atoms with E-state index in [4.69, 9.17) is 9.97 Å². The summed E-state index contributed by atoms with van der Waals surface area (Å²) in [5, 5.41) is 20.7. The van der Waals surface area contributed by atoms with Crippen LogP contribution in [0.3, 0.4) is 0 Å². The first-order valence-corrected chi connectivity index (χ1v) is 8.36. The standard InChI is InChI=1S/C21H13N3O3/c25-18-10-9-12(21(26)27)11-14(18)20-22-15-6-2-1-5-13(15)19-23-16-7-3-4-8-17(16)24(19)20/h1-11,25H,(H,26,27). The lowest BCUT2D eigenvalue weighted by Crippen LogP contribution is -2.01. The molecule has 6 heteroatoms. The van der Waals surface area contributed by atoms with E-state index in [0.717, 1.165) is 21.9 Å². The number of imidazole rings is 1. The zero-order valence-corrected chi connectivity index (χ0v) is 14.0. The van der Waals surface area contributed by atoms with Crippen LogP contribution in [0, 0.1) is 0 Å². The normalized spacial score (nSPS) is 11.4. The maximum Gasteiger partial charge on any atom is 0.335 e. The van der Waals surface area contributed by atoms with Crippen LogP contribution < -0.4 is 0 Å². The maximum absolute atomic E-state index is 11.4. The number of carboxylic acids is 1. The highest BCUT2D eigenvalue weighted by Crippen LogP contribution is 2.34. The van der Waals surface area contributed by atoms with E-state index >= 15 is 0 Å². The molecule has 0 radical (unpaired) electrons. The van der Waals surface area contributed by atoms with Gasteiger partial charge in [-0.3, -0.25) is 4.40 Å². The van der Waals surface area contributed by atoms with Crippen molar-refractivity contribution in [3.8, 4) is 17.1 Å². The van der Waals surface area contributed by atoms with Crippen molar-refractivity contribution in [2.75, 3.05) is 0 Å². The van der Waals surface area contributed by atoms with Crippen LogP contribution in [0.4, 0.5) is 0 Å². The van der Waals surface area contributed by atoms with Crippen LogP contribution in [-0.4, -0.2) is 30.6 Å². The second-order valence-corrected chi connectivity index (χ2v) is 6.25. The monoisotopic (exact) mass is 355 g/mol. The van der Waals surface area contributed by atoms with E-state index in [1.165, 1.54) is 18.2 Å². The lowest BCUT2D eigenvalue weighted by molar-refractivity contribution is 0.0697. The van der Waals surface area contributed by atoms with Crippen molar-refractivity contribution in [1.29, 1.82) is 0 Å². The first-order chi connectivity index (χ1) is 13.1. The second kappa shape index (κ2) is 5.54. The van der Waals surface area contributed by atoms with Crippen molar-refractivity contribution in [1.82, 2.24) is 14.4 Å². The van der Waals surface area contributed by atoms with Crippen molar-refractivity contribution < 1.29 is 15.0 Å². The van der Waals surface area contributed by atoms with Crippen LogP contribution in [0.25, 0.3) is 39.0 Å². The predicted molar refractivity (Wildman–Crippen MR) is 102 cm³/mol. The molecule has 0 saturated heterocycles. The van der Waals surface area contributed by atoms with Crippen LogP contribution in [0.2, 0.25) is 0 Å². The lowest BCUT2D eigenvalue weighted by atomic mass is 10.1. The Hall–Kier alpha value is -3.93. The highest BCUT2D eigenvalue weighted by Gasteiger charge is 2.18. The fraction of sp³-hybridized carbons (Fsp3) is 0. The molecule has 27 heavy (non-hydrogen) atoms. The van der Waals surface area contributed by atoms with Gasteiger partial charge in [-0.2, -0.15) is 0 Å². The Balaban J connectivity index is 2.00. The number of rotatable bonds is 2. The quantitative estimate of drug-likeness (QED) is 0.498. The number of aromatic hydroxyl groups is 1. The highest BCUT2D eigenvalue weighted by molar-refractivity contribution is 5.99. The Morgan fingerprint density at radius 3 is 2.44 bits per heavy atom. The van der Waals surface area contributed by atoms with Gasteiger partial charge in [0.25, 0.3) is 0 Å². The zero-order chi connectivity index (χ0) is 18.5. The van der Waals surface area contributed by atoms with Gasteiger partial charge < -0.3 is 10.2 Å². The summed E-state index contributed by atoms with van der Waals surface area (Å²) in [5.74, 6) is -0.663. The largest absolute Gasteiger partial charge is 0.507 e. The molecule has 0 unspecified atom stereocenters. The summed E-state index contributed by atoms with van der Waals surface area (Å²) >= 11 is 0. The van der Waals surface area contributed by atoms with Gasteiger partial charge in [-0.1, -0.05) is 24.3 Å². The van der Waals surface area contributed by atoms with Crippen LogP contribution >= 0.6 is 0 Å². The molecule has 0 amide bonds. The summed E-state index contributed by atoms with van der Waals surface area (Å²) in [6.45, 7) is 0. The van der Waals surface area contributed by atoms with Gasteiger partial charge in [0, 0.05) is 5.39 Å². The number of aromatic carboxylic acids is 1. The van der Waals surface area contributed by atoms with E-state index in [2.05, 4.69) is 0 Å². The third-order valence-corrected chi connectivity index (χ3v) is 4.63. The average Bonchev–Trinajstić information content (AvgIpc) is 3.07. The van der Waals surface area contributed by atoms with Gasteiger partial charge in [-0.15, -0.1) is 0 Å². The molecule has 130 valence electrons. The molecule has 0 spiro atoms. The van der Waals surface area contributed by atoms with E-state index in [1.54, 1.807) is 0 Å². The minimum atomic E-state index is -1.07. The number of benzene rings is 3.